The summed E-state index contributed by atoms with van der Waals surface area (Å²) in [4.78, 5) is 8.86. The maximum atomic E-state index is 12.3. The Kier molecular flexibility index (Phi) is 5.15. The number of benzene rings is 2. The van der Waals surface area contributed by atoms with Gasteiger partial charge in [0, 0.05) is 5.56 Å². The molecule has 0 unspecified atom stereocenters. The fourth-order valence-corrected chi connectivity index (χ4v) is 3.92. The highest BCUT2D eigenvalue weighted by Crippen LogP contribution is 2.31. The van der Waals surface area contributed by atoms with E-state index in [1.54, 1.807) is 44.2 Å². The highest BCUT2D eigenvalue weighted by Gasteiger charge is 2.20. The molecule has 0 amide bonds. The summed E-state index contributed by atoms with van der Waals surface area (Å²) in [5, 5.41) is 17.4. The molecular formula is C21H19N5O4S. The molecule has 31 heavy (non-hydrogen) atoms. The molecule has 10 heteroatoms. The van der Waals surface area contributed by atoms with Crippen molar-refractivity contribution in [1.82, 2.24) is 20.2 Å². The Balaban J connectivity index is 1.70. The number of phenolic OH excluding ortho intramolecular Hbond substituents is 1. The van der Waals surface area contributed by atoms with Gasteiger partial charge in [-0.1, -0.05) is 24.3 Å². The molecule has 2 aromatic heterocycles. The fourth-order valence-electron chi connectivity index (χ4n) is 2.86. The molecule has 0 radical (unpaired) electrons. The first-order valence-corrected chi connectivity index (χ1v) is 10.9. The summed E-state index contributed by atoms with van der Waals surface area (Å²) in [6, 6.07) is 12.9. The lowest BCUT2D eigenvalue weighted by atomic mass is 10.1. The third-order valence-corrected chi connectivity index (χ3v) is 6.83. The number of nitrogens with two attached hydrogens (primary N) is 1. The van der Waals surface area contributed by atoms with Crippen LogP contribution in [0.3, 0.4) is 0 Å². The number of hydrogen-bond donors (Lipinski definition) is 2. The van der Waals surface area contributed by atoms with Crippen LogP contribution in [0, 0.1) is 0 Å². The minimum absolute atomic E-state index is 0.00180. The molecule has 0 bridgehead atoms. The van der Waals surface area contributed by atoms with Gasteiger partial charge >= 0.3 is 0 Å². The van der Waals surface area contributed by atoms with E-state index in [4.69, 9.17) is 10.2 Å². The summed E-state index contributed by atoms with van der Waals surface area (Å²) in [5.41, 5.74) is 7.64. The lowest BCUT2D eigenvalue weighted by Crippen LogP contribution is -2.13. The molecule has 0 aliphatic carbocycles. The maximum absolute atomic E-state index is 12.3. The van der Waals surface area contributed by atoms with E-state index in [-0.39, 0.29) is 33.9 Å². The third-order valence-electron chi connectivity index (χ3n) is 4.66. The van der Waals surface area contributed by atoms with E-state index in [1.165, 1.54) is 24.4 Å². The minimum Gasteiger partial charge on any atom is -0.507 e. The Morgan fingerprint density at radius 3 is 2.35 bits per heavy atom. The van der Waals surface area contributed by atoms with Gasteiger partial charge in [0.1, 0.15) is 5.75 Å². The molecule has 3 N–H and O–H groups in total. The Labute approximate surface area is 178 Å². The molecule has 0 spiro atoms. The van der Waals surface area contributed by atoms with E-state index in [0.717, 1.165) is 0 Å². The van der Waals surface area contributed by atoms with Gasteiger partial charge in [-0.2, -0.15) is 0 Å². The van der Waals surface area contributed by atoms with Crippen LogP contribution in [-0.2, 0) is 9.84 Å². The maximum Gasteiger partial charge on any atom is 0.270 e. The van der Waals surface area contributed by atoms with Crippen LogP contribution in [0.15, 0.2) is 64.0 Å². The van der Waals surface area contributed by atoms with E-state index >= 15 is 0 Å². The van der Waals surface area contributed by atoms with Crippen LogP contribution in [0.4, 0.5) is 5.82 Å². The summed E-state index contributed by atoms with van der Waals surface area (Å²) >= 11 is 0. The lowest BCUT2D eigenvalue weighted by molar-refractivity contribution is 0.473. The normalized spacial score (nSPS) is 11.7. The van der Waals surface area contributed by atoms with Crippen molar-refractivity contribution in [3.63, 3.8) is 0 Å². The monoisotopic (exact) mass is 437 g/mol. The summed E-state index contributed by atoms with van der Waals surface area (Å²) in [6.07, 6.45) is 1.48. The quantitative estimate of drug-likeness (QED) is 0.480. The lowest BCUT2D eigenvalue weighted by Gasteiger charge is -2.09. The molecule has 0 saturated heterocycles. The Hall–Kier alpha value is -3.79. The second-order valence-electron chi connectivity index (χ2n) is 7.04. The summed E-state index contributed by atoms with van der Waals surface area (Å²) in [6.45, 7) is 3.27. The van der Waals surface area contributed by atoms with E-state index in [1.807, 2.05) is 0 Å². The number of phenols is 1. The average Bonchev–Trinajstić information content (AvgIpc) is 3.24. The second-order valence-corrected chi connectivity index (χ2v) is 9.54. The summed E-state index contributed by atoms with van der Waals surface area (Å²) < 4.78 is 30.3. The van der Waals surface area contributed by atoms with E-state index in [9.17, 15) is 13.5 Å². The number of para-hydroxylation sites is 1. The summed E-state index contributed by atoms with van der Waals surface area (Å²) in [5.74, 6) is 0.254. The average molecular weight is 437 g/mol. The zero-order chi connectivity index (χ0) is 22.2. The molecular weight excluding hydrogens is 418 g/mol. The first-order chi connectivity index (χ1) is 14.8. The van der Waals surface area contributed by atoms with Crippen molar-refractivity contribution in [3.8, 4) is 40.0 Å². The second kappa shape index (κ2) is 7.80. The van der Waals surface area contributed by atoms with Crippen LogP contribution < -0.4 is 5.73 Å². The zero-order valence-electron chi connectivity index (χ0n) is 16.7. The standard InChI is InChI=1S/C21H19N5O4S/c1-12(2)31(28,29)14-9-7-13(8-10-14)16-11-23-19(22)18(24-16)21-26-25-20(30-21)15-5-3-4-6-17(15)27/h3-12,27H,1-2H3,(H2,22,23). The zero-order valence-corrected chi connectivity index (χ0v) is 17.5. The predicted octanol–water partition coefficient (Wildman–Crippen LogP) is 3.33. The van der Waals surface area contributed by atoms with E-state index in [0.29, 0.717) is 16.8 Å². The highest BCUT2D eigenvalue weighted by molar-refractivity contribution is 7.92. The van der Waals surface area contributed by atoms with Gasteiger partial charge in [-0.05, 0) is 38.1 Å². The van der Waals surface area contributed by atoms with Crippen LogP contribution in [0.5, 0.6) is 5.75 Å². The van der Waals surface area contributed by atoms with Crippen molar-refractivity contribution in [2.24, 2.45) is 0 Å². The summed E-state index contributed by atoms with van der Waals surface area (Å²) in [7, 11) is -3.37. The number of aromatic nitrogens is 4. The van der Waals surface area contributed by atoms with Gasteiger partial charge in [-0.3, -0.25) is 0 Å². The molecule has 158 valence electrons. The first-order valence-electron chi connectivity index (χ1n) is 9.36. The van der Waals surface area contributed by atoms with Crippen molar-refractivity contribution < 1.29 is 17.9 Å². The smallest absolute Gasteiger partial charge is 0.270 e. The van der Waals surface area contributed by atoms with Crippen molar-refractivity contribution in [2.45, 2.75) is 24.0 Å². The Bertz CT molecular complexity index is 1350. The molecule has 2 heterocycles. The number of sulfone groups is 1. The van der Waals surface area contributed by atoms with Crippen LogP contribution in [0.1, 0.15) is 13.8 Å². The molecule has 0 fully saturated rings. The SMILES string of the molecule is CC(C)S(=O)(=O)c1ccc(-c2cnc(N)c(-c3nnc(-c4ccccc4O)o3)n2)cc1. The predicted molar refractivity (Wildman–Crippen MR) is 115 cm³/mol. The Morgan fingerprint density at radius 2 is 1.68 bits per heavy atom. The molecule has 9 nitrogen and oxygen atoms in total. The van der Waals surface area contributed by atoms with Crippen molar-refractivity contribution in [2.75, 3.05) is 5.73 Å². The Morgan fingerprint density at radius 1 is 1.00 bits per heavy atom. The van der Waals surface area contributed by atoms with Crippen LogP contribution in [0.25, 0.3) is 34.3 Å². The number of hydrogen-bond acceptors (Lipinski definition) is 9. The minimum atomic E-state index is -3.37. The van der Waals surface area contributed by atoms with Crippen LogP contribution in [-0.4, -0.2) is 38.9 Å². The van der Waals surface area contributed by atoms with E-state index in [2.05, 4.69) is 20.2 Å². The number of nitrogens with zero attached hydrogens (tertiary/aromatic N) is 4. The van der Waals surface area contributed by atoms with Gasteiger partial charge in [0.15, 0.2) is 21.3 Å². The van der Waals surface area contributed by atoms with Crippen LogP contribution >= 0.6 is 0 Å². The van der Waals surface area contributed by atoms with E-state index < -0.39 is 15.1 Å². The van der Waals surface area contributed by atoms with Crippen molar-refractivity contribution >= 4 is 15.7 Å². The molecule has 2 aromatic carbocycles. The highest BCUT2D eigenvalue weighted by atomic mass is 32.2. The molecule has 0 aliphatic heterocycles. The number of anilines is 1. The number of nitrogen functional groups attached to an aromatic ring is 1. The van der Waals surface area contributed by atoms with Gasteiger partial charge in [0.25, 0.3) is 11.8 Å². The van der Waals surface area contributed by atoms with Crippen LogP contribution in [0.2, 0.25) is 0 Å². The molecule has 4 aromatic rings. The van der Waals surface area contributed by atoms with Crippen molar-refractivity contribution in [1.29, 1.82) is 0 Å². The molecule has 0 saturated carbocycles. The van der Waals surface area contributed by atoms with Gasteiger partial charge in [0.2, 0.25) is 0 Å². The number of aromatic hydroxyl groups is 1. The largest absolute Gasteiger partial charge is 0.507 e. The molecule has 4 rings (SSSR count). The first kappa shape index (κ1) is 20.5. The van der Waals surface area contributed by atoms with Gasteiger partial charge < -0.3 is 15.3 Å². The fraction of sp³-hybridized carbons (Fsp3) is 0.143. The number of rotatable bonds is 5. The van der Waals surface area contributed by atoms with Gasteiger partial charge in [-0.15, -0.1) is 10.2 Å². The topological polar surface area (TPSA) is 145 Å². The molecule has 0 atom stereocenters. The van der Waals surface area contributed by atoms with Gasteiger partial charge in [0.05, 0.1) is 27.6 Å². The van der Waals surface area contributed by atoms with Crippen molar-refractivity contribution in [3.05, 3.63) is 54.7 Å². The van der Waals surface area contributed by atoms with Gasteiger partial charge in [-0.25, -0.2) is 18.4 Å². The third kappa shape index (κ3) is 3.84. The molecule has 0 aliphatic rings.